The molecule has 1 atom stereocenters. The summed E-state index contributed by atoms with van der Waals surface area (Å²) in [6, 6.07) is 3.64. The molecule has 0 saturated carbocycles. The average molecular weight is 459 g/mol. The average Bonchev–Trinajstić information content (AvgIpc) is 2.67. The molecule has 2 rings (SSSR count). The molecule has 0 unspecified atom stereocenters. The van der Waals surface area contributed by atoms with Gasteiger partial charge in [-0.15, -0.1) is 13.2 Å². The van der Waals surface area contributed by atoms with Gasteiger partial charge in [-0.25, -0.2) is 8.42 Å². The quantitative estimate of drug-likeness (QED) is 0.479. The lowest BCUT2D eigenvalue weighted by Gasteiger charge is -2.39. The summed E-state index contributed by atoms with van der Waals surface area (Å²) in [5.74, 6) is -0.737. The van der Waals surface area contributed by atoms with E-state index < -0.39 is 28.2 Å². The maximum atomic E-state index is 12.9. The van der Waals surface area contributed by atoms with Gasteiger partial charge in [-0.1, -0.05) is 18.7 Å². The van der Waals surface area contributed by atoms with Crippen molar-refractivity contribution in [1.82, 2.24) is 9.21 Å². The van der Waals surface area contributed by atoms with Gasteiger partial charge < -0.3 is 9.64 Å². The minimum absolute atomic E-state index is 0.0575. The van der Waals surface area contributed by atoms with Crippen LogP contribution in [0.2, 0.25) is 0 Å². The number of sulfonamides is 1. The molecular formula is C21H25F3N2O4S. The van der Waals surface area contributed by atoms with E-state index in [2.05, 4.69) is 11.3 Å². The molecule has 0 aromatic heterocycles. The molecule has 1 heterocycles. The first kappa shape index (κ1) is 24.7. The summed E-state index contributed by atoms with van der Waals surface area (Å²) in [6.07, 6.45) is 0.336. The Bertz CT molecular complexity index is 983. The van der Waals surface area contributed by atoms with Gasteiger partial charge >= 0.3 is 6.36 Å². The molecule has 1 aliphatic heterocycles. The van der Waals surface area contributed by atoms with Crippen LogP contribution in [-0.2, 0) is 14.8 Å². The zero-order valence-corrected chi connectivity index (χ0v) is 18.3. The van der Waals surface area contributed by atoms with Crippen LogP contribution >= 0.6 is 0 Å². The number of halogens is 3. The Kier molecular flexibility index (Phi) is 7.72. The maximum absolute atomic E-state index is 12.9. The number of allylic oxidation sites excluding steroid dienone is 3. The van der Waals surface area contributed by atoms with Crippen LogP contribution in [0.15, 0.2) is 65.1 Å². The van der Waals surface area contributed by atoms with Gasteiger partial charge in [0.1, 0.15) is 5.75 Å². The van der Waals surface area contributed by atoms with Crippen LogP contribution < -0.4 is 4.74 Å². The molecule has 1 aliphatic rings. The molecule has 1 amide bonds. The lowest BCUT2D eigenvalue weighted by Crippen LogP contribution is -2.55. The number of ether oxygens (including phenoxy) is 1. The monoisotopic (exact) mass is 458 g/mol. The predicted octanol–water partition coefficient (Wildman–Crippen LogP) is 3.89. The Morgan fingerprint density at radius 1 is 1.23 bits per heavy atom. The number of carbonyl (C=O) groups is 1. The standard InChI is InChI=1S/C21H25F3N2O4S/c1-5-6-7-19(15(2)3)20(27)26-13-12-25(14-16(26)4)31(28,29)18-10-8-17(9-11-18)30-21(22,23)24/h5-11,16H,2,12-14H2,1,3-4H3/b6-5-,19-7+/t16-/m1/s1. The number of amides is 1. The summed E-state index contributed by atoms with van der Waals surface area (Å²) in [7, 11) is -3.94. The maximum Gasteiger partial charge on any atom is 0.573 e. The molecule has 31 heavy (non-hydrogen) atoms. The third-order valence-corrected chi connectivity index (χ3v) is 6.57. The summed E-state index contributed by atoms with van der Waals surface area (Å²) >= 11 is 0. The van der Waals surface area contributed by atoms with Crippen molar-refractivity contribution in [2.24, 2.45) is 0 Å². The van der Waals surface area contributed by atoms with Crippen molar-refractivity contribution >= 4 is 15.9 Å². The van der Waals surface area contributed by atoms with Gasteiger partial charge in [0.25, 0.3) is 5.91 Å². The number of alkyl halides is 3. The fourth-order valence-corrected chi connectivity index (χ4v) is 4.66. The van der Waals surface area contributed by atoms with Crippen LogP contribution in [0.4, 0.5) is 13.2 Å². The van der Waals surface area contributed by atoms with Crippen molar-refractivity contribution in [2.45, 2.75) is 38.1 Å². The largest absolute Gasteiger partial charge is 0.573 e. The highest BCUT2D eigenvalue weighted by molar-refractivity contribution is 7.89. The van der Waals surface area contributed by atoms with E-state index >= 15 is 0 Å². The van der Waals surface area contributed by atoms with Crippen LogP contribution in [0.1, 0.15) is 20.8 Å². The van der Waals surface area contributed by atoms with Gasteiger partial charge in [0.15, 0.2) is 0 Å². The van der Waals surface area contributed by atoms with Crippen LogP contribution in [0.25, 0.3) is 0 Å². The molecule has 0 radical (unpaired) electrons. The smallest absolute Gasteiger partial charge is 0.406 e. The number of carbonyl (C=O) groups excluding carboxylic acids is 1. The Balaban J connectivity index is 2.15. The first-order valence-electron chi connectivity index (χ1n) is 9.52. The molecule has 170 valence electrons. The second kappa shape index (κ2) is 9.69. The summed E-state index contributed by atoms with van der Waals surface area (Å²) in [5.41, 5.74) is 1.05. The van der Waals surface area contributed by atoms with Gasteiger partial charge in [-0.3, -0.25) is 4.79 Å². The lowest BCUT2D eigenvalue weighted by atomic mass is 10.1. The molecule has 10 heteroatoms. The molecule has 1 aromatic rings. The van der Waals surface area contributed by atoms with E-state index in [1.807, 2.05) is 6.92 Å². The fraction of sp³-hybridized carbons (Fsp3) is 0.381. The number of nitrogens with zero attached hydrogens (tertiary/aromatic N) is 2. The Morgan fingerprint density at radius 3 is 2.32 bits per heavy atom. The predicted molar refractivity (Wildman–Crippen MR) is 111 cm³/mol. The zero-order chi connectivity index (χ0) is 23.4. The van der Waals surface area contributed by atoms with Gasteiger partial charge in [-0.05, 0) is 56.7 Å². The number of piperazine rings is 1. The van der Waals surface area contributed by atoms with E-state index in [0.29, 0.717) is 11.1 Å². The Morgan fingerprint density at radius 2 is 1.84 bits per heavy atom. The lowest BCUT2D eigenvalue weighted by molar-refractivity contribution is -0.274. The molecule has 0 aliphatic carbocycles. The van der Waals surface area contributed by atoms with E-state index in [9.17, 15) is 26.4 Å². The molecular weight excluding hydrogens is 433 g/mol. The molecule has 1 aromatic carbocycles. The van der Waals surface area contributed by atoms with Gasteiger partial charge in [0.2, 0.25) is 10.0 Å². The van der Waals surface area contributed by atoms with Crippen molar-refractivity contribution in [3.8, 4) is 5.75 Å². The van der Waals surface area contributed by atoms with Gasteiger partial charge in [0, 0.05) is 31.2 Å². The first-order valence-corrected chi connectivity index (χ1v) is 11.0. The third kappa shape index (κ3) is 6.20. The normalized spacial score (nSPS) is 19.0. The van der Waals surface area contributed by atoms with Gasteiger partial charge in [-0.2, -0.15) is 4.31 Å². The topological polar surface area (TPSA) is 66.9 Å². The number of hydrogen-bond acceptors (Lipinski definition) is 4. The van der Waals surface area contributed by atoms with E-state index in [0.717, 1.165) is 24.3 Å². The summed E-state index contributed by atoms with van der Waals surface area (Å²) in [6.45, 7) is 9.42. The third-order valence-electron chi connectivity index (χ3n) is 4.69. The van der Waals surface area contributed by atoms with Crippen molar-refractivity contribution in [3.05, 3.63) is 60.2 Å². The van der Waals surface area contributed by atoms with Crippen LogP contribution in [0, 0.1) is 0 Å². The van der Waals surface area contributed by atoms with Crippen molar-refractivity contribution in [1.29, 1.82) is 0 Å². The molecule has 0 bridgehead atoms. The summed E-state index contributed by atoms with van der Waals surface area (Å²) in [5, 5.41) is 0. The highest BCUT2D eigenvalue weighted by Gasteiger charge is 2.35. The van der Waals surface area contributed by atoms with Crippen LogP contribution in [0.3, 0.4) is 0 Å². The summed E-state index contributed by atoms with van der Waals surface area (Å²) < 4.78 is 67.7. The van der Waals surface area contributed by atoms with Crippen LogP contribution in [-0.4, -0.2) is 55.6 Å². The second-order valence-corrected chi connectivity index (χ2v) is 9.05. The Labute approximate surface area is 180 Å². The summed E-state index contributed by atoms with van der Waals surface area (Å²) in [4.78, 5) is 14.4. The first-order chi connectivity index (χ1) is 14.4. The van der Waals surface area contributed by atoms with Gasteiger partial charge in [0.05, 0.1) is 4.90 Å². The number of rotatable bonds is 6. The number of benzene rings is 1. The molecule has 6 nitrogen and oxygen atoms in total. The SMILES string of the molecule is C=C(C)/C(=C\C=C/C)C(=O)N1CCN(S(=O)(=O)c2ccc(OC(F)(F)F)cc2)C[C@H]1C. The van der Waals surface area contributed by atoms with Crippen molar-refractivity contribution in [2.75, 3.05) is 19.6 Å². The van der Waals surface area contributed by atoms with E-state index in [1.165, 1.54) is 4.31 Å². The number of hydrogen-bond donors (Lipinski definition) is 0. The fourth-order valence-electron chi connectivity index (χ4n) is 3.15. The minimum Gasteiger partial charge on any atom is -0.406 e. The van der Waals surface area contributed by atoms with E-state index in [1.54, 1.807) is 37.0 Å². The van der Waals surface area contributed by atoms with E-state index in [4.69, 9.17) is 0 Å². The Hall–Kier alpha value is -2.59. The van der Waals surface area contributed by atoms with Crippen molar-refractivity contribution < 1.29 is 31.1 Å². The highest BCUT2D eigenvalue weighted by Crippen LogP contribution is 2.26. The van der Waals surface area contributed by atoms with E-state index in [-0.39, 0.29) is 30.4 Å². The second-order valence-electron chi connectivity index (χ2n) is 7.12. The molecule has 1 saturated heterocycles. The minimum atomic E-state index is -4.86. The molecule has 0 N–H and O–H groups in total. The zero-order valence-electron chi connectivity index (χ0n) is 17.5. The molecule has 1 fully saturated rings. The van der Waals surface area contributed by atoms with Crippen molar-refractivity contribution in [3.63, 3.8) is 0 Å². The highest BCUT2D eigenvalue weighted by atomic mass is 32.2. The molecule has 0 spiro atoms. The van der Waals surface area contributed by atoms with Crippen LogP contribution in [0.5, 0.6) is 5.75 Å².